The van der Waals surface area contributed by atoms with Crippen LogP contribution in [0.5, 0.6) is 0 Å². The maximum Gasteiger partial charge on any atom is 0.239 e. The molecule has 1 unspecified atom stereocenters. The number of aliphatic hydroxyl groups excluding tert-OH is 1. The number of halogens is 1. The molecule has 0 fully saturated rings. The number of carbonyl (C=O) groups is 1. The van der Waals surface area contributed by atoms with E-state index in [1.54, 1.807) is 6.92 Å². The minimum atomic E-state index is -0.471. The van der Waals surface area contributed by atoms with E-state index in [1.807, 2.05) is 6.92 Å². The van der Waals surface area contributed by atoms with Crippen molar-refractivity contribution in [2.24, 2.45) is 5.73 Å². The Kier molecular flexibility index (Phi) is 8.69. The molecule has 12 heavy (non-hydrogen) atoms. The van der Waals surface area contributed by atoms with E-state index in [9.17, 15) is 4.79 Å². The average Bonchev–Trinajstić information content (AvgIpc) is 1.98. The predicted molar refractivity (Wildman–Crippen MR) is 50.2 cm³/mol. The molecule has 74 valence electrons. The van der Waals surface area contributed by atoms with Crippen molar-refractivity contribution in [3.63, 3.8) is 0 Å². The molecular weight excluding hydrogens is 180 g/mol. The third-order valence-corrected chi connectivity index (χ3v) is 1.45. The Labute approximate surface area is 79.1 Å². The largest absolute Gasteiger partial charge is 0.395 e. The van der Waals surface area contributed by atoms with Gasteiger partial charge in [0, 0.05) is 13.1 Å². The van der Waals surface area contributed by atoms with Gasteiger partial charge in [0.25, 0.3) is 0 Å². The molecule has 0 aliphatic heterocycles. The molecule has 1 atom stereocenters. The maximum atomic E-state index is 11.2. The SMILES string of the molecule is CCN(CCO)C(=O)C(C)N.Cl. The number of nitrogens with two attached hydrogens (primary N) is 1. The Balaban J connectivity index is 0. The van der Waals surface area contributed by atoms with Crippen molar-refractivity contribution in [2.45, 2.75) is 19.9 Å². The van der Waals surface area contributed by atoms with Crippen LogP contribution in [0.3, 0.4) is 0 Å². The lowest BCUT2D eigenvalue weighted by molar-refractivity contribution is -0.132. The van der Waals surface area contributed by atoms with E-state index in [1.165, 1.54) is 4.90 Å². The van der Waals surface area contributed by atoms with Crippen molar-refractivity contribution in [2.75, 3.05) is 19.7 Å². The highest BCUT2D eigenvalue weighted by molar-refractivity contribution is 5.85. The van der Waals surface area contributed by atoms with Gasteiger partial charge in [-0.25, -0.2) is 0 Å². The zero-order valence-electron chi connectivity index (χ0n) is 7.49. The topological polar surface area (TPSA) is 66.6 Å². The summed E-state index contributed by atoms with van der Waals surface area (Å²) in [5.74, 6) is -0.110. The number of nitrogens with zero attached hydrogens (tertiary/aromatic N) is 1. The molecule has 0 rings (SSSR count). The Morgan fingerprint density at radius 3 is 2.42 bits per heavy atom. The molecule has 0 heterocycles. The molecule has 0 aromatic rings. The Bertz CT molecular complexity index is 131. The molecule has 0 saturated heterocycles. The van der Waals surface area contributed by atoms with Crippen LogP contribution < -0.4 is 5.73 Å². The van der Waals surface area contributed by atoms with Crippen LogP contribution in [0.15, 0.2) is 0 Å². The van der Waals surface area contributed by atoms with E-state index in [4.69, 9.17) is 10.8 Å². The van der Waals surface area contributed by atoms with Crippen LogP contribution >= 0.6 is 12.4 Å². The van der Waals surface area contributed by atoms with Crippen molar-refractivity contribution in [3.8, 4) is 0 Å². The highest BCUT2D eigenvalue weighted by Crippen LogP contribution is 1.91. The summed E-state index contributed by atoms with van der Waals surface area (Å²) in [6, 6.07) is -0.471. The van der Waals surface area contributed by atoms with Gasteiger partial charge in [-0.15, -0.1) is 12.4 Å². The molecule has 0 aromatic carbocycles. The Hall–Kier alpha value is -0.320. The molecule has 0 aliphatic carbocycles. The lowest BCUT2D eigenvalue weighted by Crippen LogP contribution is -2.43. The van der Waals surface area contributed by atoms with Gasteiger partial charge in [-0.05, 0) is 13.8 Å². The second kappa shape index (κ2) is 7.34. The number of hydrogen-bond donors (Lipinski definition) is 2. The molecule has 0 aromatic heterocycles. The van der Waals surface area contributed by atoms with Crippen molar-refractivity contribution >= 4 is 18.3 Å². The van der Waals surface area contributed by atoms with Gasteiger partial charge in [0.05, 0.1) is 12.6 Å². The first-order valence-electron chi connectivity index (χ1n) is 3.78. The van der Waals surface area contributed by atoms with Crippen molar-refractivity contribution < 1.29 is 9.90 Å². The summed E-state index contributed by atoms with van der Waals surface area (Å²) in [4.78, 5) is 12.7. The van der Waals surface area contributed by atoms with Gasteiger partial charge in [0.15, 0.2) is 0 Å². The zero-order chi connectivity index (χ0) is 8.85. The van der Waals surface area contributed by atoms with E-state index in [-0.39, 0.29) is 24.9 Å². The van der Waals surface area contributed by atoms with Gasteiger partial charge in [-0.2, -0.15) is 0 Å². The first-order valence-corrected chi connectivity index (χ1v) is 3.78. The van der Waals surface area contributed by atoms with E-state index in [0.29, 0.717) is 13.1 Å². The number of likely N-dealkylation sites (N-methyl/N-ethyl adjacent to an activating group) is 1. The van der Waals surface area contributed by atoms with Crippen molar-refractivity contribution in [1.82, 2.24) is 4.90 Å². The second-order valence-electron chi connectivity index (χ2n) is 2.43. The fraction of sp³-hybridized carbons (Fsp3) is 0.857. The smallest absolute Gasteiger partial charge is 0.239 e. The fourth-order valence-corrected chi connectivity index (χ4v) is 0.833. The first-order chi connectivity index (χ1) is 5.13. The van der Waals surface area contributed by atoms with Gasteiger partial charge in [0.1, 0.15) is 0 Å². The van der Waals surface area contributed by atoms with Crippen LogP contribution in [-0.4, -0.2) is 41.7 Å². The minimum absolute atomic E-state index is 0. The van der Waals surface area contributed by atoms with Gasteiger partial charge < -0.3 is 15.7 Å². The highest BCUT2D eigenvalue weighted by Gasteiger charge is 2.14. The number of aliphatic hydroxyl groups is 1. The third-order valence-electron chi connectivity index (χ3n) is 1.45. The van der Waals surface area contributed by atoms with Crippen LogP contribution in [0.25, 0.3) is 0 Å². The molecule has 5 heteroatoms. The number of rotatable bonds is 4. The molecule has 0 spiro atoms. The molecule has 0 saturated carbocycles. The zero-order valence-corrected chi connectivity index (χ0v) is 8.30. The lowest BCUT2D eigenvalue weighted by atomic mass is 10.3. The van der Waals surface area contributed by atoms with Crippen LogP contribution in [0.2, 0.25) is 0 Å². The molecule has 0 radical (unpaired) electrons. The van der Waals surface area contributed by atoms with Crippen LogP contribution in [0, 0.1) is 0 Å². The van der Waals surface area contributed by atoms with Crippen LogP contribution in [0.1, 0.15) is 13.8 Å². The molecular formula is C7H17ClN2O2. The predicted octanol–water partition coefficient (Wildman–Crippen LogP) is -0.404. The van der Waals surface area contributed by atoms with Crippen LogP contribution in [-0.2, 0) is 4.79 Å². The number of carbonyl (C=O) groups excluding carboxylic acids is 1. The van der Waals surface area contributed by atoms with E-state index < -0.39 is 6.04 Å². The quantitative estimate of drug-likeness (QED) is 0.643. The Morgan fingerprint density at radius 2 is 2.17 bits per heavy atom. The van der Waals surface area contributed by atoms with Crippen LogP contribution in [0.4, 0.5) is 0 Å². The first kappa shape index (κ1) is 14.2. The van der Waals surface area contributed by atoms with E-state index in [2.05, 4.69) is 0 Å². The van der Waals surface area contributed by atoms with Gasteiger partial charge >= 0.3 is 0 Å². The normalized spacial score (nSPS) is 11.7. The van der Waals surface area contributed by atoms with E-state index in [0.717, 1.165) is 0 Å². The molecule has 1 amide bonds. The van der Waals surface area contributed by atoms with Gasteiger partial charge in [-0.1, -0.05) is 0 Å². The van der Waals surface area contributed by atoms with Gasteiger partial charge in [0.2, 0.25) is 5.91 Å². The summed E-state index contributed by atoms with van der Waals surface area (Å²) in [6.07, 6.45) is 0. The standard InChI is InChI=1S/C7H16N2O2.ClH/c1-3-9(4-5-10)7(11)6(2)8;/h6,10H,3-5,8H2,1-2H3;1H. The molecule has 3 N–H and O–H groups in total. The summed E-state index contributed by atoms with van der Waals surface area (Å²) >= 11 is 0. The van der Waals surface area contributed by atoms with Gasteiger partial charge in [-0.3, -0.25) is 4.79 Å². The molecule has 4 nitrogen and oxygen atoms in total. The summed E-state index contributed by atoms with van der Waals surface area (Å²) in [5, 5.41) is 8.56. The minimum Gasteiger partial charge on any atom is -0.395 e. The third kappa shape index (κ3) is 4.54. The summed E-state index contributed by atoms with van der Waals surface area (Å²) in [5.41, 5.74) is 5.37. The monoisotopic (exact) mass is 196 g/mol. The summed E-state index contributed by atoms with van der Waals surface area (Å²) < 4.78 is 0. The van der Waals surface area contributed by atoms with Crippen molar-refractivity contribution in [1.29, 1.82) is 0 Å². The average molecular weight is 197 g/mol. The highest BCUT2D eigenvalue weighted by atomic mass is 35.5. The maximum absolute atomic E-state index is 11.2. The number of hydrogen-bond acceptors (Lipinski definition) is 3. The summed E-state index contributed by atoms with van der Waals surface area (Å²) in [6.45, 7) is 4.46. The lowest BCUT2D eigenvalue weighted by Gasteiger charge is -2.21. The fourth-order valence-electron chi connectivity index (χ4n) is 0.833. The van der Waals surface area contributed by atoms with E-state index >= 15 is 0 Å². The molecule has 0 bridgehead atoms. The molecule has 0 aliphatic rings. The Morgan fingerprint density at radius 1 is 1.67 bits per heavy atom. The second-order valence-corrected chi connectivity index (χ2v) is 2.43. The van der Waals surface area contributed by atoms with Crippen molar-refractivity contribution in [3.05, 3.63) is 0 Å². The number of amides is 1. The summed E-state index contributed by atoms with van der Waals surface area (Å²) in [7, 11) is 0.